The van der Waals surface area contributed by atoms with Crippen molar-refractivity contribution in [1.82, 2.24) is 0 Å². The molecule has 1 aliphatic heterocycles. The molecule has 10 heteroatoms. The highest BCUT2D eigenvalue weighted by Crippen LogP contribution is 2.76. The highest BCUT2D eigenvalue weighted by Gasteiger charge is 2.73. The molecule has 0 unspecified atom stereocenters. The topological polar surface area (TPSA) is 177 Å². The predicted octanol–water partition coefficient (Wildman–Crippen LogP) is 2.05. The molecule has 5 fully saturated rings. The number of aliphatic hydroxyl groups excluding tert-OH is 6. The fraction of sp³-hybridized carbons (Fsp3) is 0.914. The summed E-state index contributed by atoms with van der Waals surface area (Å²) in [5, 5.41) is 76.3. The summed E-state index contributed by atoms with van der Waals surface area (Å²) in [6.45, 7) is 12.1. The predicted molar refractivity (Wildman–Crippen MR) is 163 cm³/mol. The van der Waals surface area contributed by atoms with Crippen LogP contribution in [0, 0.1) is 50.7 Å². The maximum Gasteiger partial charge on any atom is 0.315 e. The summed E-state index contributed by atoms with van der Waals surface area (Å²) in [7, 11) is 0. The lowest BCUT2D eigenvalue weighted by atomic mass is 9.32. The smallest absolute Gasteiger partial charge is 0.315 e. The first-order valence-corrected chi connectivity index (χ1v) is 17.1. The molecule has 1 saturated heterocycles. The number of carbonyl (C=O) groups is 1. The quantitative estimate of drug-likeness (QED) is 0.179. The van der Waals surface area contributed by atoms with Crippen LogP contribution in [0.3, 0.4) is 0 Å². The van der Waals surface area contributed by atoms with E-state index in [1.54, 1.807) is 0 Å². The van der Waals surface area contributed by atoms with Crippen LogP contribution in [0.25, 0.3) is 0 Å². The maximum atomic E-state index is 14.3. The summed E-state index contributed by atoms with van der Waals surface area (Å²) in [6, 6.07) is 0. The summed E-state index contributed by atoms with van der Waals surface area (Å²) in [5.41, 5.74) is -3.23. The van der Waals surface area contributed by atoms with Gasteiger partial charge in [-0.25, -0.2) is 0 Å². The lowest BCUT2D eigenvalue weighted by molar-refractivity contribution is -0.275. The molecular weight excluding hydrogens is 580 g/mol. The van der Waals surface area contributed by atoms with Gasteiger partial charge in [-0.15, -0.1) is 0 Å². The summed E-state index contributed by atoms with van der Waals surface area (Å²) < 4.78 is 11.3. The number of carbonyl (C=O) groups excluding carboxylic acids is 1. The van der Waals surface area contributed by atoms with Crippen molar-refractivity contribution < 1.29 is 50.0 Å². The van der Waals surface area contributed by atoms with E-state index in [0.717, 1.165) is 18.4 Å². The molecule has 6 rings (SSSR count). The minimum Gasteiger partial charge on any atom is -0.432 e. The Morgan fingerprint density at radius 3 is 2.29 bits per heavy atom. The van der Waals surface area contributed by atoms with Gasteiger partial charge in [0.2, 0.25) is 6.29 Å². The van der Waals surface area contributed by atoms with Crippen molar-refractivity contribution in [2.24, 2.45) is 50.7 Å². The Kier molecular flexibility index (Phi) is 8.03. The highest BCUT2D eigenvalue weighted by molar-refractivity contribution is 5.79. The average Bonchev–Trinajstić information content (AvgIpc) is 2.98. The van der Waals surface area contributed by atoms with Gasteiger partial charge in [-0.05, 0) is 80.5 Å². The van der Waals surface area contributed by atoms with E-state index in [9.17, 15) is 40.5 Å². The van der Waals surface area contributed by atoms with Crippen molar-refractivity contribution in [3.8, 4) is 0 Å². The van der Waals surface area contributed by atoms with E-state index in [-0.39, 0.29) is 42.8 Å². The van der Waals surface area contributed by atoms with Crippen LogP contribution in [0.2, 0.25) is 0 Å². The molecule has 0 radical (unpaired) electrons. The normalized spacial score (nSPS) is 57.8. The third-order valence-corrected chi connectivity index (χ3v) is 15.4. The van der Waals surface area contributed by atoms with E-state index in [1.165, 1.54) is 0 Å². The van der Waals surface area contributed by atoms with Crippen LogP contribution < -0.4 is 0 Å². The monoisotopic (exact) mass is 636 g/mol. The number of rotatable bonds is 3. The Hall–Kier alpha value is -1.11. The van der Waals surface area contributed by atoms with E-state index in [2.05, 4.69) is 26.8 Å². The molecule has 0 amide bonds. The second-order valence-electron chi connectivity index (χ2n) is 17.0. The minimum absolute atomic E-state index is 0.0509. The zero-order valence-corrected chi connectivity index (χ0v) is 27.8. The summed E-state index contributed by atoms with van der Waals surface area (Å²) in [6.07, 6.45) is -0.453. The van der Waals surface area contributed by atoms with Gasteiger partial charge in [-0.2, -0.15) is 0 Å². The maximum absolute atomic E-state index is 14.3. The third kappa shape index (κ3) is 4.25. The lowest BCUT2D eigenvalue weighted by Crippen LogP contribution is -2.70. The van der Waals surface area contributed by atoms with Gasteiger partial charge in [0.25, 0.3) is 0 Å². The molecule has 4 saturated carbocycles. The molecule has 5 aliphatic carbocycles. The minimum atomic E-state index is -1.60. The number of hydrogen-bond donors (Lipinski definition) is 7. The second kappa shape index (κ2) is 10.7. The van der Waals surface area contributed by atoms with E-state index in [0.29, 0.717) is 32.1 Å². The zero-order valence-electron chi connectivity index (χ0n) is 27.8. The van der Waals surface area contributed by atoms with Gasteiger partial charge < -0.3 is 45.2 Å². The second-order valence-corrected chi connectivity index (χ2v) is 17.0. The standard InChI is InChI=1S/C35H56O10/c1-18-9-12-35(29(42)45-28-26(41)25(40)20(37)16-44-28)14-13-31(3)19(27(35)34(18,6)43)7-8-22-32(31,4)11-10-21-30(2,17-36)23(38)15-24(39)33(21,22)5/h7,18,20-28,36-41,43H,8-17H2,1-6H3/t18-,20-,21+,22+,23+,24+,25+,26-,27-,28+,30+,31-,32-,33+,34-,35+/m1/s1. The first-order chi connectivity index (χ1) is 20.9. The molecule has 0 aromatic carbocycles. The van der Waals surface area contributed by atoms with Gasteiger partial charge >= 0.3 is 5.97 Å². The van der Waals surface area contributed by atoms with Crippen molar-refractivity contribution in [3.05, 3.63) is 11.6 Å². The molecule has 10 nitrogen and oxygen atoms in total. The Labute approximate surface area is 266 Å². The van der Waals surface area contributed by atoms with Crippen molar-refractivity contribution in [2.45, 2.75) is 135 Å². The molecule has 45 heavy (non-hydrogen) atoms. The van der Waals surface area contributed by atoms with Crippen LogP contribution in [0.1, 0.15) is 92.9 Å². The van der Waals surface area contributed by atoms with Crippen molar-refractivity contribution >= 4 is 5.97 Å². The molecule has 7 N–H and O–H groups in total. The van der Waals surface area contributed by atoms with Gasteiger partial charge in [0.1, 0.15) is 18.3 Å². The Morgan fingerprint density at radius 2 is 1.62 bits per heavy atom. The summed E-state index contributed by atoms with van der Waals surface area (Å²) >= 11 is 0. The fourth-order valence-corrected chi connectivity index (χ4v) is 11.9. The lowest BCUT2D eigenvalue weighted by Gasteiger charge is -2.72. The molecule has 0 spiro atoms. The molecule has 6 aliphatic rings. The van der Waals surface area contributed by atoms with Crippen LogP contribution in [0.4, 0.5) is 0 Å². The molecule has 0 aromatic heterocycles. The number of esters is 1. The Balaban J connectivity index is 1.41. The van der Waals surface area contributed by atoms with E-state index < -0.39 is 76.0 Å². The van der Waals surface area contributed by atoms with E-state index in [4.69, 9.17) is 9.47 Å². The molecule has 0 bridgehead atoms. The Morgan fingerprint density at radius 1 is 0.933 bits per heavy atom. The van der Waals surface area contributed by atoms with Crippen molar-refractivity contribution in [2.75, 3.05) is 13.2 Å². The third-order valence-electron chi connectivity index (χ3n) is 15.4. The first kappa shape index (κ1) is 33.8. The molecule has 16 atom stereocenters. The highest BCUT2D eigenvalue weighted by atomic mass is 16.7. The Bertz CT molecular complexity index is 1220. The van der Waals surface area contributed by atoms with Crippen LogP contribution in [-0.4, -0.2) is 97.3 Å². The van der Waals surface area contributed by atoms with Crippen LogP contribution >= 0.6 is 0 Å². The largest absolute Gasteiger partial charge is 0.432 e. The van der Waals surface area contributed by atoms with Crippen molar-refractivity contribution in [3.63, 3.8) is 0 Å². The summed E-state index contributed by atoms with van der Waals surface area (Å²) in [4.78, 5) is 14.3. The van der Waals surface area contributed by atoms with Crippen LogP contribution in [-0.2, 0) is 14.3 Å². The molecule has 256 valence electrons. The van der Waals surface area contributed by atoms with Gasteiger partial charge in [-0.3, -0.25) is 4.79 Å². The van der Waals surface area contributed by atoms with Gasteiger partial charge in [0.05, 0.1) is 36.4 Å². The summed E-state index contributed by atoms with van der Waals surface area (Å²) in [5.74, 6) is -1.23. The number of hydrogen-bond acceptors (Lipinski definition) is 10. The average molecular weight is 637 g/mol. The number of aliphatic hydroxyl groups is 7. The molecule has 1 heterocycles. The van der Waals surface area contributed by atoms with Crippen LogP contribution in [0.5, 0.6) is 0 Å². The van der Waals surface area contributed by atoms with E-state index >= 15 is 0 Å². The zero-order chi connectivity index (χ0) is 33.1. The van der Waals surface area contributed by atoms with Crippen molar-refractivity contribution in [1.29, 1.82) is 0 Å². The molecule has 0 aromatic rings. The number of fused-ring (bicyclic) bond motifs is 7. The number of allylic oxidation sites excluding steroid dienone is 1. The SMILES string of the molecule is C[C@@H]1CC[C@]2(C(=O)O[C@@H]3OC[C@@H](O)[C@H](O)[C@H]3O)CC[C@]3(C)C(=CC[C@@H]4[C@@]5(C)[C@@H](O)C[C@H](O)[C@@](C)(CO)[C@@H]5CC[C@]43C)[C@@H]2[C@]1(C)O. The number of ether oxygens (including phenoxy) is 2. The van der Waals surface area contributed by atoms with Gasteiger partial charge in [0, 0.05) is 23.2 Å². The molecular formula is C35H56O10. The van der Waals surface area contributed by atoms with E-state index in [1.807, 2.05) is 20.8 Å². The van der Waals surface area contributed by atoms with Crippen LogP contribution in [0.15, 0.2) is 11.6 Å². The van der Waals surface area contributed by atoms with Gasteiger partial charge in [0.15, 0.2) is 0 Å². The van der Waals surface area contributed by atoms with Gasteiger partial charge in [-0.1, -0.05) is 46.3 Å². The fourth-order valence-electron chi connectivity index (χ4n) is 11.9. The first-order valence-electron chi connectivity index (χ1n) is 17.1.